The van der Waals surface area contributed by atoms with Gasteiger partial charge in [-0.2, -0.15) is 0 Å². The van der Waals surface area contributed by atoms with Crippen molar-refractivity contribution >= 4 is 22.7 Å². The molecule has 3 heterocycles. The molecule has 0 unspecified atom stereocenters. The second-order valence-electron chi connectivity index (χ2n) is 6.82. The molecule has 0 bridgehead atoms. The largest absolute Gasteiger partial charge is 0.361 e. The third-order valence-corrected chi connectivity index (χ3v) is 5.30. The van der Waals surface area contributed by atoms with Gasteiger partial charge in [-0.05, 0) is 37.3 Å². The van der Waals surface area contributed by atoms with Gasteiger partial charge in [-0.15, -0.1) is 0 Å². The standard InChI is InChI=1S/C19H23N3O2/c23-18-9-8-17(19(24)21-10-4-1-5-11-21)22(18)13-14-12-20-16-7-3-2-6-15(14)16/h2-3,6-7,12,17,20H,1,4-5,8-11,13H2/t17-/m0/s1. The van der Waals surface area contributed by atoms with Gasteiger partial charge in [0.2, 0.25) is 11.8 Å². The fourth-order valence-electron chi connectivity index (χ4n) is 3.96. The topological polar surface area (TPSA) is 56.4 Å². The lowest BCUT2D eigenvalue weighted by Gasteiger charge is -2.32. The zero-order chi connectivity index (χ0) is 16.5. The number of carbonyl (C=O) groups excluding carboxylic acids is 2. The Hall–Kier alpha value is -2.30. The van der Waals surface area contributed by atoms with Gasteiger partial charge in [-0.25, -0.2) is 0 Å². The Bertz CT molecular complexity index is 761. The van der Waals surface area contributed by atoms with Crippen LogP contribution < -0.4 is 0 Å². The van der Waals surface area contributed by atoms with Crippen LogP contribution in [0.3, 0.4) is 0 Å². The molecular formula is C19H23N3O2. The molecule has 126 valence electrons. The third kappa shape index (κ3) is 2.68. The lowest BCUT2D eigenvalue weighted by molar-refractivity contribution is -0.142. The number of amides is 2. The number of aromatic nitrogens is 1. The van der Waals surface area contributed by atoms with Gasteiger partial charge in [-0.1, -0.05) is 18.2 Å². The van der Waals surface area contributed by atoms with Crippen molar-refractivity contribution < 1.29 is 9.59 Å². The molecule has 2 aromatic rings. The molecule has 2 aliphatic heterocycles. The number of para-hydroxylation sites is 1. The SMILES string of the molecule is O=C([C@@H]1CCC(=O)N1Cc1c[nH]c2ccccc12)N1CCCCC1. The van der Waals surface area contributed by atoms with E-state index in [1.54, 1.807) is 4.90 Å². The molecule has 1 atom stereocenters. The highest BCUT2D eigenvalue weighted by Gasteiger charge is 2.38. The Morgan fingerprint density at radius 2 is 1.96 bits per heavy atom. The number of nitrogens with one attached hydrogen (secondary N) is 1. The molecule has 5 heteroatoms. The second-order valence-corrected chi connectivity index (χ2v) is 6.82. The summed E-state index contributed by atoms with van der Waals surface area (Å²) in [4.78, 5) is 32.2. The smallest absolute Gasteiger partial charge is 0.245 e. The molecule has 1 aromatic heterocycles. The van der Waals surface area contributed by atoms with Gasteiger partial charge >= 0.3 is 0 Å². The summed E-state index contributed by atoms with van der Waals surface area (Å²) in [6, 6.07) is 7.79. The van der Waals surface area contributed by atoms with Crippen molar-refractivity contribution in [2.45, 2.75) is 44.7 Å². The first-order valence-corrected chi connectivity index (χ1v) is 8.87. The number of rotatable bonds is 3. The molecule has 2 fully saturated rings. The number of hydrogen-bond donors (Lipinski definition) is 1. The van der Waals surface area contributed by atoms with Crippen LogP contribution >= 0.6 is 0 Å². The number of nitrogens with zero attached hydrogens (tertiary/aromatic N) is 2. The molecule has 24 heavy (non-hydrogen) atoms. The van der Waals surface area contributed by atoms with Crippen molar-refractivity contribution in [2.75, 3.05) is 13.1 Å². The van der Waals surface area contributed by atoms with E-state index in [0.29, 0.717) is 19.4 Å². The Balaban J connectivity index is 1.55. The molecule has 0 radical (unpaired) electrons. The zero-order valence-electron chi connectivity index (χ0n) is 13.8. The molecule has 0 spiro atoms. The number of fused-ring (bicyclic) bond motifs is 1. The first-order chi connectivity index (χ1) is 11.7. The van der Waals surface area contributed by atoms with Crippen molar-refractivity contribution in [3.63, 3.8) is 0 Å². The molecule has 2 aliphatic rings. The van der Waals surface area contributed by atoms with Gasteiger partial charge in [0.05, 0.1) is 0 Å². The number of benzene rings is 1. The minimum Gasteiger partial charge on any atom is -0.361 e. The van der Waals surface area contributed by atoms with E-state index in [1.165, 1.54) is 6.42 Å². The molecule has 1 N–H and O–H groups in total. The van der Waals surface area contributed by atoms with Crippen LogP contribution in [0.1, 0.15) is 37.7 Å². The van der Waals surface area contributed by atoms with Crippen LogP contribution in [-0.2, 0) is 16.1 Å². The molecule has 2 saturated heterocycles. The Morgan fingerprint density at radius 1 is 1.17 bits per heavy atom. The van der Waals surface area contributed by atoms with E-state index >= 15 is 0 Å². The summed E-state index contributed by atoms with van der Waals surface area (Å²) in [6.07, 6.45) is 6.44. The average Bonchev–Trinajstić information content (AvgIpc) is 3.20. The van der Waals surface area contributed by atoms with Crippen LogP contribution in [0, 0.1) is 0 Å². The highest BCUT2D eigenvalue weighted by atomic mass is 16.2. The quantitative estimate of drug-likeness (QED) is 0.943. The van der Waals surface area contributed by atoms with E-state index < -0.39 is 0 Å². The van der Waals surface area contributed by atoms with Gasteiger partial charge in [0.25, 0.3) is 0 Å². The van der Waals surface area contributed by atoms with Gasteiger partial charge in [-0.3, -0.25) is 9.59 Å². The summed E-state index contributed by atoms with van der Waals surface area (Å²) in [6.45, 7) is 2.18. The first kappa shape index (κ1) is 15.2. The molecule has 0 aliphatic carbocycles. The molecule has 5 nitrogen and oxygen atoms in total. The zero-order valence-corrected chi connectivity index (χ0v) is 13.8. The maximum atomic E-state index is 12.9. The Kier molecular flexibility index (Phi) is 4.00. The summed E-state index contributed by atoms with van der Waals surface area (Å²) in [7, 11) is 0. The minimum absolute atomic E-state index is 0.0932. The Morgan fingerprint density at radius 3 is 2.79 bits per heavy atom. The third-order valence-electron chi connectivity index (χ3n) is 5.30. The molecular weight excluding hydrogens is 302 g/mol. The summed E-state index contributed by atoms with van der Waals surface area (Å²) in [5.41, 5.74) is 2.15. The van der Waals surface area contributed by atoms with Crippen molar-refractivity contribution in [3.05, 3.63) is 36.0 Å². The molecule has 0 saturated carbocycles. The van der Waals surface area contributed by atoms with Crippen molar-refractivity contribution in [2.24, 2.45) is 0 Å². The number of hydrogen-bond acceptors (Lipinski definition) is 2. The second kappa shape index (κ2) is 6.30. The van der Waals surface area contributed by atoms with Crippen molar-refractivity contribution in [3.8, 4) is 0 Å². The first-order valence-electron chi connectivity index (χ1n) is 8.87. The van der Waals surface area contributed by atoms with E-state index in [0.717, 1.165) is 42.4 Å². The number of carbonyl (C=O) groups is 2. The van der Waals surface area contributed by atoms with Crippen molar-refractivity contribution in [1.82, 2.24) is 14.8 Å². The maximum Gasteiger partial charge on any atom is 0.245 e. The van der Waals surface area contributed by atoms with Gasteiger partial charge < -0.3 is 14.8 Å². The molecule has 4 rings (SSSR count). The van der Waals surface area contributed by atoms with Gasteiger partial charge in [0.1, 0.15) is 6.04 Å². The van der Waals surface area contributed by atoms with Crippen LogP contribution in [0.2, 0.25) is 0 Å². The number of H-pyrrole nitrogens is 1. The normalized spacial score (nSPS) is 21.7. The minimum atomic E-state index is -0.288. The summed E-state index contributed by atoms with van der Waals surface area (Å²) in [5.74, 6) is 0.232. The van der Waals surface area contributed by atoms with Crippen LogP contribution in [0.4, 0.5) is 0 Å². The monoisotopic (exact) mass is 325 g/mol. The fraction of sp³-hybridized carbons (Fsp3) is 0.474. The van der Waals surface area contributed by atoms with Crippen LogP contribution in [0.5, 0.6) is 0 Å². The lowest BCUT2D eigenvalue weighted by Crippen LogP contribution is -2.48. The summed E-state index contributed by atoms with van der Waals surface area (Å²) < 4.78 is 0. The number of piperidine rings is 1. The van der Waals surface area contributed by atoms with Gasteiger partial charge in [0, 0.05) is 43.2 Å². The lowest BCUT2D eigenvalue weighted by atomic mass is 10.1. The van der Waals surface area contributed by atoms with E-state index in [2.05, 4.69) is 11.1 Å². The fourth-order valence-corrected chi connectivity index (χ4v) is 3.96. The summed E-state index contributed by atoms with van der Waals surface area (Å²) >= 11 is 0. The van der Waals surface area contributed by atoms with Crippen LogP contribution in [0.25, 0.3) is 10.9 Å². The van der Waals surface area contributed by atoms with E-state index in [9.17, 15) is 9.59 Å². The Labute approximate surface area is 141 Å². The van der Waals surface area contributed by atoms with Gasteiger partial charge in [0.15, 0.2) is 0 Å². The average molecular weight is 325 g/mol. The maximum absolute atomic E-state index is 12.9. The van der Waals surface area contributed by atoms with E-state index in [-0.39, 0.29) is 17.9 Å². The molecule has 1 aromatic carbocycles. The molecule has 2 amide bonds. The predicted octanol–water partition coefficient (Wildman–Crippen LogP) is 2.67. The van der Waals surface area contributed by atoms with E-state index in [4.69, 9.17) is 0 Å². The van der Waals surface area contributed by atoms with Crippen LogP contribution in [-0.4, -0.2) is 45.7 Å². The van der Waals surface area contributed by atoms with E-state index in [1.807, 2.05) is 29.3 Å². The van der Waals surface area contributed by atoms with Crippen LogP contribution in [0.15, 0.2) is 30.5 Å². The predicted molar refractivity (Wildman–Crippen MR) is 92.3 cm³/mol. The number of likely N-dealkylation sites (tertiary alicyclic amines) is 2. The highest BCUT2D eigenvalue weighted by molar-refractivity contribution is 5.91. The number of aromatic amines is 1. The summed E-state index contributed by atoms with van der Waals surface area (Å²) in [5, 5.41) is 1.13. The highest BCUT2D eigenvalue weighted by Crippen LogP contribution is 2.27. The van der Waals surface area contributed by atoms with Crippen molar-refractivity contribution in [1.29, 1.82) is 0 Å².